The topological polar surface area (TPSA) is 50.4 Å². The summed E-state index contributed by atoms with van der Waals surface area (Å²) in [5.74, 6) is 0.679. The summed E-state index contributed by atoms with van der Waals surface area (Å²) in [6.07, 6.45) is 8.66. The maximum Gasteiger partial charge on any atom is 0.407 e. The van der Waals surface area contributed by atoms with E-state index in [1.165, 1.54) is 44.9 Å². The molecule has 1 amide bonds. The lowest BCUT2D eigenvalue weighted by atomic mass is 9.95. The maximum absolute atomic E-state index is 11.8. The Labute approximate surface area is 136 Å². The monoisotopic (exact) mass is 312 g/mol. The third-order valence-electron chi connectivity index (χ3n) is 4.29. The molecule has 0 spiro atoms. The van der Waals surface area contributed by atoms with Gasteiger partial charge < -0.3 is 15.4 Å². The van der Waals surface area contributed by atoms with Crippen molar-refractivity contribution in [2.75, 3.05) is 13.1 Å². The summed E-state index contributed by atoms with van der Waals surface area (Å²) in [6, 6.07) is 0. The van der Waals surface area contributed by atoms with Gasteiger partial charge in [-0.1, -0.05) is 32.6 Å². The Balaban J connectivity index is 2.29. The van der Waals surface area contributed by atoms with Crippen molar-refractivity contribution in [3.8, 4) is 0 Å². The van der Waals surface area contributed by atoms with Gasteiger partial charge in [-0.3, -0.25) is 0 Å². The number of unbranched alkanes of at least 4 members (excludes halogenated alkanes) is 4. The van der Waals surface area contributed by atoms with Crippen LogP contribution < -0.4 is 10.6 Å². The fourth-order valence-electron chi connectivity index (χ4n) is 2.74. The van der Waals surface area contributed by atoms with Crippen LogP contribution in [0.5, 0.6) is 0 Å². The van der Waals surface area contributed by atoms with Gasteiger partial charge in [0.2, 0.25) is 0 Å². The van der Waals surface area contributed by atoms with Crippen molar-refractivity contribution in [2.24, 2.45) is 5.92 Å². The van der Waals surface area contributed by atoms with Crippen molar-refractivity contribution < 1.29 is 9.53 Å². The van der Waals surface area contributed by atoms with Crippen LogP contribution in [0.15, 0.2) is 0 Å². The average Bonchev–Trinajstić information content (AvgIpc) is 3.23. The lowest BCUT2D eigenvalue weighted by Crippen LogP contribution is -2.53. The molecule has 0 aromatic rings. The number of hydrogen-bond donors (Lipinski definition) is 2. The van der Waals surface area contributed by atoms with Crippen molar-refractivity contribution in [1.82, 2.24) is 10.6 Å². The van der Waals surface area contributed by atoms with Gasteiger partial charge >= 0.3 is 6.09 Å². The molecule has 4 nitrogen and oxygen atoms in total. The highest BCUT2D eigenvalue weighted by atomic mass is 16.6. The normalized spacial score (nSPS) is 17.9. The Morgan fingerprint density at radius 3 is 2.27 bits per heavy atom. The molecule has 4 heteroatoms. The van der Waals surface area contributed by atoms with Crippen molar-refractivity contribution in [2.45, 2.75) is 90.7 Å². The van der Waals surface area contributed by atoms with E-state index in [9.17, 15) is 4.79 Å². The lowest BCUT2D eigenvalue weighted by Gasteiger charge is -2.32. The standard InChI is InChI=1S/C18H36N2O2/c1-6-7-8-9-10-13-20-18(5,15-11-12-15)14-19-16(21)22-17(2,3)4/h15,20H,6-14H2,1-5H3,(H,19,21). The van der Waals surface area contributed by atoms with Gasteiger partial charge in [0.1, 0.15) is 5.60 Å². The van der Waals surface area contributed by atoms with Crippen LogP contribution in [-0.2, 0) is 4.74 Å². The molecule has 0 aliphatic heterocycles. The molecule has 0 aromatic carbocycles. The number of rotatable bonds is 10. The van der Waals surface area contributed by atoms with E-state index in [1.54, 1.807) is 0 Å². The van der Waals surface area contributed by atoms with Crippen LogP contribution in [0.25, 0.3) is 0 Å². The van der Waals surface area contributed by atoms with E-state index in [0.29, 0.717) is 12.5 Å². The number of alkyl carbamates (subject to hydrolysis) is 1. The van der Waals surface area contributed by atoms with Crippen LogP contribution >= 0.6 is 0 Å². The third-order valence-corrected chi connectivity index (χ3v) is 4.29. The quantitative estimate of drug-likeness (QED) is 0.593. The van der Waals surface area contributed by atoms with Gasteiger partial charge in [-0.25, -0.2) is 4.79 Å². The average molecular weight is 312 g/mol. The minimum Gasteiger partial charge on any atom is -0.444 e. The second-order valence-corrected chi connectivity index (χ2v) is 7.89. The predicted molar refractivity (Wildman–Crippen MR) is 92.1 cm³/mol. The molecule has 0 heterocycles. The fraction of sp³-hybridized carbons (Fsp3) is 0.944. The first-order valence-electron chi connectivity index (χ1n) is 8.99. The molecule has 130 valence electrons. The van der Waals surface area contributed by atoms with E-state index >= 15 is 0 Å². The summed E-state index contributed by atoms with van der Waals surface area (Å²) < 4.78 is 5.33. The summed E-state index contributed by atoms with van der Waals surface area (Å²) in [5, 5.41) is 6.62. The van der Waals surface area contributed by atoms with Crippen LogP contribution in [0.1, 0.15) is 79.6 Å². The number of hydrogen-bond acceptors (Lipinski definition) is 3. The molecule has 1 fully saturated rings. The van der Waals surface area contributed by atoms with Crippen LogP contribution in [0, 0.1) is 5.92 Å². The molecular weight excluding hydrogens is 276 g/mol. The Morgan fingerprint density at radius 1 is 1.09 bits per heavy atom. The van der Waals surface area contributed by atoms with E-state index in [2.05, 4.69) is 24.5 Å². The van der Waals surface area contributed by atoms with Gasteiger partial charge in [-0.15, -0.1) is 0 Å². The van der Waals surface area contributed by atoms with E-state index in [1.807, 2.05) is 20.8 Å². The SMILES string of the molecule is CCCCCCCNC(C)(CNC(=O)OC(C)(C)C)C1CC1. The first-order valence-corrected chi connectivity index (χ1v) is 8.99. The van der Waals surface area contributed by atoms with Crippen molar-refractivity contribution >= 4 is 6.09 Å². The summed E-state index contributed by atoms with van der Waals surface area (Å²) in [4.78, 5) is 11.8. The van der Waals surface area contributed by atoms with Gasteiger partial charge in [-0.05, 0) is 59.4 Å². The van der Waals surface area contributed by atoms with Crippen LogP contribution in [-0.4, -0.2) is 30.3 Å². The molecule has 0 bridgehead atoms. The summed E-state index contributed by atoms with van der Waals surface area (Å²) in [7, 11) is 0. The zero-order valence-electron chi connectivity index (χ0n) is 15.3. The molecule has 0 saturated heterocycles. The van der Waals surface area contributed by atoms with Gasteiger partial charge in [0.05, 0.1) is 0 Å². The van der Waals surface area contributed by atoms with Gasteiger partial charge in [0.15, 0.2) is 0 Å². The van der Waals surface area contributed by atoms with Crippen molar-refractivity contribution in [3.63, 3.8) is 0 Å². The van der Waals surface area contributed by atoms with E-state index < -0.39 is 5.60 Å². The predicted octanol–water partition coefficient (Wildman–Crippen LogP) is 4.24. The first kappa shape index (κ1) is 19.3. The summed E-state index contributed by atoms with van der Waals surface area (Å²) >= 11 is 0. The summed E-state index contributed by atoms with van der Waals surface area (Å²) in [5.41, 5.74) is -0.436. The Morgan fingerprint density at radius 2 is 1.73 bits per heavy atom. The Hall–Kier alpha value is -0.770. The molecule has 1 aliphatic carbocycles. The molecule has 1 unspecified atom stereocenters. The second-order valence-electron chi connectivity index (χ2n) is 7.89. The molecule has 0 aromatic heterocycles. The van der Waals surface area contributed by atoms with Crippen molar-refractivity contribution in [3.05, 3.63) is 0 Å². The smallest absolute Gasteiger partial charge is 0.407 e. The highest BCUT2D eigenvalue weighted by molar-refractivity contribution is 5.67. The number of ether oxygens (including phenoxy) is 1. The lowest BCUT2D eigenvalue weighted by molar-refractivity contribution is 0.0508. The molecule has 2 N–H and O–H groups in total. The minimum atomic E-state index is -0.438. The third kappa shape index (κ3) is 8.02. The fourth-order valence-corrected chi connectivity index (χ4v) is 2.74. The maximum atomic E-state index is 11.8. The minimum absolute atomic E-state index is 0.00165. The van der Waals surface area contributed by atoms with Gasteiger partial charge in [0.25, 0.3) is 0 Å². The van der Waals surface area contributed by atoms with Crippen LogP contribution in [0.4, 0.5) is 4.79 Å². The Kier molecular flexibility index (Phi) is 7.67. The van der Waals surface area contributed by atoms with E-state index in [4.69, 9.17) is 4.74 Å². The van der Waals surface area contributed by atoms with Crippen LogP contribution in [0.2, 0.25) is 0 Å². The van der Waals surface area contributed by atoms with Crippen LogP contribution in [0.3, 0.4) is 0 Å². The molecule has 1 aliphatic rings. The molecule has 1 saturated carbocycles. The largest absolute Gasteiger partial charge is 0.444 e. The highest BCUT2D eigenvalue weighted by Crippen LogP contribution is 2.39. The number of carbonyl (C=O) groups excluding carboxylic acids is 1. The first-order chi connectivity index (χ1) is 10.3. The number of carbonyl (C=O) groups is 1. The molecular formula is C18H36N2O2. The molecule has 1 atom stereocenters. The highest BCUT2D eigenvalue weighted by Gasteiger charge is 2.41. The molecule has 22 heavy (non-hydrogen) atoms. The Bertz CT molecular complexity index is 334. The van der Waals surface area contributed by atoms with E-state index in [-0.39, 0.29) is 11.6 Å². The second kappa shape index (κ2) is 8.76. The number of amides is 1. The van der Waals surface area contributed by atoms with Gasteiger partial charge in [-0.2, -0.15) is 0 Å². The summed E-state index contributed by atoms with van der Waals surface area (Å²) in [6.45, 7) is 11.8. The zero-order valence-corrected chi connectivity index (χ0v) is 15.3. The molecule has 0 radical (unpaired) electrons. The van der Waals surface area contributed by atoms with Gasteiger partial charge in [0, 0.05) is 12.1 Å². The number of nitrogens with one attached hydrogen (secondary N) is 2. The zero-order chi connectivity index (χ0) is 16.6. The van der Waals surface area contributed by atoms with E-state index in [0.717, 1.165) is 6.54 Å². The van der Waals surface area contributed by atoms with Crippen molar-refractivity contribution in [1.29, 1.82) is 0 Å². The molecule has 1 rings (SSSR count).